The number of hydrogen-bond acceptors (Lipinski definition) is 1. The van der Waals surface area contributed by atoms with Crippen LogP contribution in [-0.2, 0) is 6.42 Å². The van der Waals surface area contributed by atoms with E-state index in [4.69, 9.17) is 5.73 Å². The molecule has 2 aromatic rings. The number of rotatable bonds is 4. The van der Waals surface area contributed by atoms with Crippen LogP contribution < -0.4 is 5.73 Å². The summed E-state index contributed by atoms with van der Waals surface area (Å²) in [5.41, 5.74) is 9.97. The molecule has 2 rings (SSSR count). The maximum atomic E-state index is 6.31. The van der Waals surface area contributed by atoms with Gasteiger partial charge in [0.1, 0.15) is 0 Å². The van der Waals surface area contributed by atoms with Crippen molar-refractivity contribution in [1.29, 1.82) is 0 Å². The first-order valence-corrected chi connectivity index (χ1v) is 7.10. The average Bonchev–Trinajstić information content (AvgIpc) is 2.40. The predicted octanol–water partition coefficient (Wildman–Crippen LogP) is 4.45. The standard InChI is InChI=1S/C16H18BrN/c1-2-5-12-8-10-13(11-9-12)16(18)14-6-3-4-7-15(14)17/h3-4,6-11,16H,2,5,18H2,1H3. The highest BCUT2D eigenvalue weighted by Crippen LogP contribution is 2.26. The molecule has 0 spiro atoms. The Morgan fingerprint density at radius 2 is 1.72 bits per heavy atom. The summed E-state index contributed by atoms with van der Waals surface area (Å²) >= 11 is 3.55. The zero-order valence-corrected chi connectivity index (χ0v) is 12.2. The van der Waals surface area contributed by atoms with Crippen LogP contribution in [0.3, 0.4) is 0 Å². The molecule has 0 bridgehead atoms. The first-order chi connectivity index (χ1) is 8.72. The molecule has 0 aromatic heterocycles. The molecule has 0 saturated heterocycles. The van der Waals surface area contributed by atoms with Gasteiger partial charge >= 0.3 is 0 Å². The van der Waals surface area contributed by atoms with Crippen LogP contribution in [0.4, 0.5) is 0 Å². The summed E-state index contributed by atoms with van der Waals surface area (Å²) in [5.74, 6) is 0. The van der Waals surface area contributed by atoms with Crippen molar-refractivity contribution in [3.8, 4) is 0 Å². The Kier molecular flexibility index (Phi) is 4.56. The smallest absolute Gasteiger partial charge is 0.0562 e. The average molecular weight is 304 g/mol. The number of aryl methyl sites for hydroxylation is 1. The molecule has 0 amide bonds. The van der Waals surface area contributed by atoms with Gasteiger partial charge in [-0.15, -0.1) is 0 Å². The van der Waals surface area contributed by atoms with E-state index in [1.54, 1.807) is 0 Å². The third-order valence-corrected chi connectivity index (χ3v) is 3.84. The van der Waals surface area contributed by atoms with Crippen LogP contribution in [0.1, 0.15) is 36.1 Å². The first kappa shape index (κ1) is 13.3. The quantitative estimate of drug-likeness (QED) is 0.887. The molecule has 0 aliphatic carbocycles. The van der Waals surface area contributed by atoms with E-state index in [0.717, 1.165) is 22.0 Å². The van der Waals surface area contributed by atoms with Crippen LogP contribution in [-0.4, -0.2) is 0 Å². The van der Waals surface area contributed by atoms with Gasteiger partial charge in [0.15, 0.2) is 0 Å². The largest absolute Gasteiger partial charge is 0.320 e. The summed E-state index contributed by atoms with van der Waals surface area (Å²) in [5, 5.41) is 0. The van der Waals surface area contributed by atoms with Gasteiger partial charge in [0.25, 0.3) is 0 Å². The Labute approximate surface area is 117 Å². The van der Waals surface area contributed by atoms with E-state index in [1.807, 2.05) is 18.2 Å². The first-order valence-electron chi connectivity index (χ1n) is 6.31. The van der Waals surface area contributed by atoms with E-state index < -0.39 is 0 Å². The van der Waals surface area contributed by atoms with Crippen LogP contribution in [0, 0.1) is 0 Å². The van der Waals surface area contributed by atoms with Gasteiger partial charge < -0.3 is 5.73 Å². The van der Waals surface area contributed by atoms with Gasteiger partial charge in [0.2, 0.25) is 0 Å². The Balaban J connectivity index is 2.23. The van der Waals surface area contributed by atoms with E-state index in [1.165, 1.54) is 12.0 Å². The van der Waals surface area contributed by atoms with Crippen LogP contribution in [0.2, 0.25) is 0 Å². The minimum Gasteiger partial charge on any atom is -0.320 e. The van der Waals surface area contributed by atoms with Gasteiger partial charge in [0.05, 0.1) is 6.04 Å². The Morgan fingerprint density at radius 3 is 2.33 bits per heavy atom. The highest BCUT2D eigenvalue weighted by molar-refractivity contribution is 9.10. The molecule has 2 aromatic carbocycles. The molecule has 94 valence electrons. The second-order valence-corrected chi connectivity index (χ2v) is 5.35. The molecular formula is C16H18BrN. The van der Waals surface area contributed by atoms with E-state index in [0.29, 0.717) is 0 Å². The summed E-state index contributed by atoms with van der Waals surface area (Å²) in [6.07, 6.45) is 2.31. The van der Waals surface area contributed by atoms with Gasteiger partial charge in [-0.2, -0.15) is 0 Å². The summed E-state index contributed by atoms with van der Waals surface area (Å²) in [4.78, 5) is 0. The molecule has 0 heterocycles. The lowest BCUT2D eigenvalue weighted by atomic mass is 9.98. The number of benzene rings is 2. The van der Waals surface area contributed by atoms with Crippen molar-refractivity contribution in [2.24, 2.45) is 5.73 Å². The SMILES string of the molecule is CCCc1ccc(C(N)c2ccccc2Br)cc1. The molecule has 1 unspecified atom stereocenters. The van der Waals surface area contributed by atoms with E-state index in [2.05, 4.69) is 53.2 Å². The molecule has 18 heavy (non-hydrogen) atoms. The molecule has 0 aliphatic rings. The fourth-order valence-corrected chi connectivity index (χ4v) is 2.62. The highest BCUT2D eigenvalue weighted by atomic mass is 79.9. The number of halogens is 1. The molecule has 0 radical (unpaired) electrons. The summed E-state index contributed by atoms with van der Waals surface area (Å²) in [6.45, 7) is 2.20. The van der Waals surface area contributed by atoms with E-state index in [9.17, 15) is 0 Å². The van der Waals surface area contributed by atoms with Gasteiger partial charge in [-0.3, -0.25) is 0 Å². The summed E-state index contributed by atoms with van der Waals surface area (Å²) in [6, 6.07) is 16.7. The lowest BCUT2D eigenvalue weighted by molar-refractivity contribution is 0.860. The lowest BCUT2D eigenvalue weighted by Crippen LogP contribution is -2.12. The third kappa shape index (κ3) is 3.01. The van der Waals surface area contributed by atoms with Crippen molar-refractivity contribution >= 4 is 15.9 Å². The molecule has 2 heteroatoms. The fourth-order valence-electron chi connectivity index (χ4n) is 2.09. The molecule has 0 aliphatic heterocycles. The Bertz CT molecular complexity index is 505. The minimum atomic E-state index is -0.0729. The Hall–Kier alpha value is -1.12. The summed E-state index contributed by atoms with van der Waals surface area (Å²) in [7, 11) is 0. The Morgan fingerprint density at radius 1 is 1.06 bits per heavy atom. The molecule has 2 N–H and O–H groups in total. The number of hydrogen-bond donors (Lipinski definition) is 1. The van der Waals surface area contributed by atoms with Gasteiger partial charge in [0, 0.05) is 4.47 Å². The van der Waals surface area contributed by atoms with Crippen molar-refractivity contribution in [2.75, 3.05) is 0 Å². The van der Waals surface area contributed by atoms with Crippen molar-refractivity contribution in [3.63, 3.8) is 0 Å². The van der Waals surface area contributed by atoms with Crippen molar-refractivity contribution < 1.29 is 0 Å². The van der Waals surface area contributed by atoms with Crippen molar-refractivity contribution in [2.45, 2.75) is 25.8 Å². The van der Waals surface area contributed by atoms with Crippen LogP contribution in [0.15, 0.2) is 53.0 Å². The monoisotopic (exact) mass is 303 g/mol. The molecule has 0 fully saturated rings. The normalized spacial score (nSPS) is 12.4. The summed E-state index contributed by atoms with van der Waals surface area (Å²) < 4.78 is 1.06. The molecule has 1 nitrogen and oxygen atoms in total. The zero-order valence-electron chi connectivity index (χ0n) is 10.6. The van der Waals surface area contributed by atoms with E-state index >= 15 is 0 Å². The topological polar surface area (TPSA) is 26.0 Å². The fraction of sp³-hybridized carbons (Fsp3) is 0.250. The lowest BCUT2D eigenvalue weighted by Gasteiger charge is -2.14. The van der Waals surface area contributed by atoms with Gasteiger partial charge in [-0.05, 0) is 29.2 Å². The molecular weight excluding hydrogens is 286 g/mol. The van der Waals surface area contributed by atoms with Crippen molar-refractivity contribution in [3.05, 3.63) is 69.7 Å². The maximum Gasteiger partial charge on any atom is 0.0562 e. The van der Waals surface area contributed by atoms with Crippen LogP contribution in [0.5, 0.6) is 0 Å². The third-order valence-electron chi connectivity index (χ3n) is 3.12. The second kappa shape index (κ2) is 6.17. The number of nitrogens with two attached hydrogens (primary N) is 1. The van der Waals surface area contributed by atoms with Crippen LogP contribution >= 0.6 is 15.9 Å². The molecule has 0 saturated carbocycles. The van der Waals surface area contributed by atoms with E-state index in [-0.39, 0.29) is 6.04 Å². The van der Waals surface area contributed by atoms with Crippen LogP contribution in [0.25, 0.3) is 0 Å². The van der Waals surface area contributed by atoms with Gasteiger partial charge in [-0.25, -0.2) is 0 Å². The minimum absolute atomic E-state index is 0.0729. The molecule has 1 atom stereocenters. The van der Waals surface area contributed by atoms with Crippen molar-refractivity contribution in [1.82, 2.24) is 0 Å². The maximum absolute atomic E-state index is 6.31. The highest BCUT2D eigenvalue weighted by Gasteiger charge is 2.11. The van der Waals surface area contributed by atoms with Gasteiger partial charge in [-0.1, -0.05) is 71.7 Å². The second-order valence-electron chi connectivity index (χ2n) is 4.49. The predicted molar refractivity (Wildman–Crippen MR) is 80.6 cm³/mol. The zero-order chi connectivity index (χ0) is 13.0.